The first kappa shape index (κ1) is 14.4. The second-order valence-corrected chi connectivity index (χ2v) is 7.36. The standard InChI is InChI=1S/C15H21BrClN/c1-15(2)7-3-4-13(9-15)18-10-11-5-6-12(17)8-14(11)16/h5-6,8,13,18H,3-4,7,9-10H2,1-2H3. The number of benzene rings is 1. The molecule has 0 heterocycles. The average molecular weight is 331 g/mol. The molecule has 1 atom stereocenters. The molecule has 1 aromatic carbocycles. The minimum absolute atomic E-state index is 0.493. The average Bonchev–Trinajstić information content (AvgIpc) is 2.26. The summed E-state index contributed by atoms with van der Waals surface area (Å²) in [6.45, 7) is 5.66. The van der Waals surface area contributed by atoms with E-state index in [2.05, 4.69) is 41.2 Å². The van der Waals surface area contributed by atoms with Crippen LogP contribution in [0.4, 0.5) is 0 Å². The second kappa shape index (κ2) is 5.94. The van der Waals surface area contributed by atoms with Crippen molar-refractivity contribution in [1.29, 1.82) is 0 Å². The number of rotatable bonds is 3. The third-order valence-electron chi connectivity index (χ3n) is 3.80. The molecule has 100 valence electrons. The Balaban J connectivity index is 1.91. The molecule has 1 aliphatic rings. The molecule has 1 nitrogen and oxygen atoms in total. The third-order valence-corrected chi connectivity index (χ3v) is 4.77. The van der Waals surface area contributed by atoms with Gasteiger partial charge in [0, 0.05) is 22.1 Å². The van der Waals surface area contributed by atoms with Gasteiger partial charge in [-0.2, -0.15) is 0 Å². The largest absolute Gasteiger partial charge is 0.310 e. The molecule has 1 unspecified atom stereocenters. The van der Waals surface area contributed by atoms with Gasteiger partial charge < -0.3 is 5.32 Å². The Labute approximate surface area is 123 Å². The van der Waals surface area contributed by atoms with Crippen molar-refractivity contribution in [3.8, 4) is 0 Å². The van der Waals surface area contributed by atoms with Gasteiger partial charge in [0.1, 0.15) is 0 Å². The molecule has 0 saturated heterocycles. The van der Waals surface area contributed by atoms with Crippen molar-refractivity contribution in [2.75, 3.05) is 0 Å². The van der Waals surface area contributed by atoms with Crippen LogP contribution in [0.3, 0.4) is 0 Å². The Morgan fingerprint density at radius 2 is 2.22 bits per heavy atom. The van der Waals surface area contributed by atoms with Crippen LogP contribution in [0.25, 0.3) is 0 Å². The van der Waals surface area contributed by atoms with Crippen LogP contribution in [-0.4, -0.2) is 6.04 Å². The fraction of sp³-hybridized carbons (Fsp3) is 0.600. The van der Waals surface area contributed by atoms with Gasteiger partial charge in [-0.25, -0.2) is 0 Å². The van der Waals surface area contributed by atoms with Crippen LogP contribution in [0.1, 0.15) is 45.1 Å². The van der Waals surface area contributed by atoms with Crippen LogP contribution in [-0.2, 0) is 6.54 Å². The molecule has 1 saturated carbocycles. The van der Waals surface area contributed by atoms with Crippen molar-refractivity contribution >= 4 is 27.5 Å². The summed E-state index contributed by atoms with van der Waals surface area (Å²) in [6, 6.07) is 6.65. The van der Waals surface area contributed by atoms with Crippen LogP contribution < -0.4 is 5.32 Å². The molecule has 0 bridgehead atoms. The number of hydrogen-bond donors (Lipinski definition) is 1. The SMILES string of the molecule is CC1(C)CCCC(NCc2ccc(Cl)cc2Br)C1. The van der Waals surface area contributed by atoms with Crippen LogP contribution in [0.5, 0.6) is 0 Å². The Morgan fingerprint density at radius 1 is 1.44 bits per heavy atom. The molecule has 0 spiro atoms. The highest BCUT2D eigenvalue weighted by Gasteiger charge is 2.27. The van der Waals surface area contributed by atoms with Gasteiger partial charge in [0.2, 0.25) is 0 Å². The molecule has 0 amide bonds. The Kier molecular flexibility index (Phi) is 4.74. The first-order chi connectivity index (χ1) is 8.46. The molecule has 1 N–H and O–H groups in total. The maximum absolute atomic E-state index is 5.95. The van der Waals surface area contributed by atoms with E-state index in [9.17, 15) is 0 Å². The summed E-state index contributed by atoms with van der Waals surface area (Å²) in [7, 11) is 0. The topological polar surface area (TPSA) is 12.0 Å². The van der Waals surface area contributed by atoms with Crippen LogP contribution in [0.2, 0.25) is 5.02 Å². The number of halogens is 2. The number of nitrogens with one attached hydrogen (secondary N) is 1. The van der Waals surface area contributed by atoms with Gasteiger partial charge in [0.05, 0.1) is 0 Å². The van der Waals surface area contributed by atoms with Crippen LogP contribution in [0.15, 0.2) is 22.7 Å². The summed E-state index contributed by atoms with van der Waals surface area (Å²) >= 11 is 9.52. The van der Waals surface area contributed by atoms with E-state index in [1.165, 1.54) is 31.2 Å². The van der Waals surface area contributed by atoms with Crippen molar-refractivity contribution in [3.05, 3.63) is 33.3 Å². The third kappa shape index (κ3) is 3.97. The summed E-state index contributed by atoms with van der Waals surface area (Å²) in [5, 5.41) is 4.46. The molecule has 2 rings (SSSR count). The van der Waals surface area contributed by atoms with Gasteiger partial charge in [-0.3, -0.25) is 0 Å². The smallest absolute Gasteiger partial charge is 0.0417 e. The Hall–Kier alpha value is -0.0500. The quantitative estimate of drug-likeness (QED) is 0.807. The fourth-order valence-corrected chi connectivity index (χ4v) is 3.61. The van der Waals surface area contributed by atoms with E-state index >= 15 is 0 Å². The molecular weight excluding hydrogens is 310 g/mol. The first-order valence-corrected chi connectivity index (χ1v) is 7.81. The molecule has 0 radical (unpaired) electrons. The lowest BCUT2D eigenvalue weighted by Gasteiger charge is -2.35. The normalized spacial score (nSPS) is 23.0. The lowest BCUT2D eigenvalue weighted by Crippen LogP contribution is -2.36. The van der Waals surface area contributed by atoms with Gasteiger partial charge >= 0.3 is 0 Å². The van der Waals surface area contributed by atoms with Crippen molar-refractivity contribution in [2.45, 2.75) is 52.1 Å². The van der Waals surface area contributed by atoms with Gasteiger partial charge in [-0.1, -0.05) is 53.9 Å². The lowest BCUT2D eigenvalue weighted by atomic mass is 9.75. The van der Waals surface area contributed by atoms with Crippen LogP contribution in [0, 0.1) is 5.41 Å². The maximum Gasteiger partial charge on any atom is 0.0417 e. The maximum atomic E-state index is 5.95. The van der Waals surface area contributed by atoms with Crippen molar-refractivity contribution in [1.82, 2.24) is 5.32 Å². The van der Waals surface area contributed by atoms with Gasteiger partial charge in [-0.05, 0) is 42.4 Å². The molecular formula is C15H21BrClN. The van der Waals surface area contributed by atoms with E-state index in [0.29, 0.717) is 11.5 Å². The van der Waals surface area contributed by atoms with E-state index < -0.39 is 0 Å². The summed E-state index contributed by atoms with van der Waals surface area (Å²) in [5.41, 5.74) is 1.77. The fourth-order valence-electron chi connectivity index (χ4n) is 2.79. The van der Waals surface area contributed by atoms with Gasteiger partial charge in [0.25, 0.3) is 0 Å². The Morgan fingerprint density at radius 3 is 2.89 bits per heavy atom. The molecule has 0 aliphatic heterocycles. The Bertz CT molecular complexity index is 417. The zero-order chi connectivity index (χ0) is 13.2. The predicted molar refractivity (Wildman–Crippen MR) is 82.0 cm³/mol. The summed E-state index contributed by atoms with van der Waals surface area (Å²) in [5.74, 6) is 0. The molecule has 1 aliphatic carbocycles. The van der Waals surface area contributed by atoms with E-state index in [1.54, 1.807) is 0 Å². The van der Waals surface area contributed by atoms with E-state index in [1.807, 2.05) is 12.1 Å². The highest BCUT2D eigenvalue weighted by molar-refractivity contribution is 9.10. The summed E-state index contributed by atoms with van der Waals surface area (Å²) in [4.78, 5) is 0. The van der Waals surface area contributed by atoms with E-state index in [0.717, 1.165) is 16.0 Å². The summed E-state index contributed by atoms with van der Waals surface area (Å²) < 4.78 is 1.09. The van der Waals surface area contributed by atoms with Gasteiger partial charge in [-0.15, -0.1) is 0 Å². The molecule has 1 aromatic rings. The predicted octanol–water partition coefficient (Wildman–Crippen LogP) is 5.16. The lowest BCUT2D eigenvalue weighted by molar-refractivity contribution is 0.197. The minimum atomic E-state index is 0.493. The van der Waals surface area contributed by atoms with Crippen molar-refractivity contribution < 1.29 is 0 Å². The second-order valence-electron chi connectivity index (χ2n) is 6.07. The summed E-state index contributed by atoms with van der Waals surface area (Å²) in [6.07, 6.45) is 5.27. The van der Waals surface area contributed by atoms with Crippen LogP contribution >= 0.6 is 27.5 Å². The highest BCUT2D eigenvalue weighted by Crippen LogP contribution is 2.35. The van der Waals surface area contributed by atoms with Gasteiger partial charge in [0.15, 0.2) is 0 Å². The zero-order valence-corrected chi connectivity index (χ0v) is 13.4. The molecule has 0 aromatic heterocycles. The molecule has 3 heteroatoms. The molecule has 1 fully saturated rings. The van der Waals surface area contributed by atoms with E-state index in [4.69, 9.17) is 11.6 Å². The monoisotopic (exact) mass is 329 g/mol. The van der Waals surface area contributed by atoms with Crippen molar-refractivity contribution in [3.63, 3.8) is 0 Å². The first-order valence-electron chi connectivity index (χ1n) is 6.64. The minimum Gasteiger partial charge on any atom is -0.310 e. The van der Waals surface area contributed by atoms with Crippen molar-refractivity contribution in [2.24, 2.45) is 5.41 Å². The highest BCUT2D eigenvalue weighted by atomic mass is 79.9. The molecule has 18 heavy (non-hydrogen) atoms. The van der Waals surface area contributed by atoms with E-state index in [-0.39, 0.29) is 0 Å². The number of hydrogen-bond acceptors (Lipinski definition) is 1. The zero-order valence-electron chi connectivity index (χ0n) is 11.1.